The maximum atomic E-state index is 10.4. The van der Waals surface area contributed by atoms with Gasteiger partial charge in [0.05, 0.1) is 19.3 Å². The van der Waals surface area contributed by atoms with E-state index in [0.717, 1.165) is 29.9 Å². The van der Waals surface area contributed by atoms with Crippen LogP contribution < -0.4 is 4.74 Å². The monoisotopic (exact) mass is 236 g/mol. The van der Waals surface area contributed by atoms with Crippen molar-refractivity contribution in [2.75, 3.05) is 13.7 Å². The minimum absolute atomic E-state index is 0.131. The number of ether oxygens (including phenoxy) is 2. The topological polar surface area (TPSA) is 38.7 Å². The quantitative estimate of drug-likeness (QED) is 0.876. The van der Waals surface area contributed by atoms with E-state index < -0.39 is 6.10 Å². The number of methoxy groups -OCH3 is 1. The highest BCUT2D eigenvalue weighted by Gasteiger charge is 2.32. The van der Waals surface area contributed by atoms with Crippen LogP contribution >= 0.6 is 0 Å². The summed E-state index contributed by atoms with van der Waals surface area (Å²) in [4.78, 5) is 0. The average Bonchev–Trinajstić information content (AvgIpc) is 2.74. The Hall–Kier alpha value is -1.06. The zero-order chi connectivity index (χ0) is 12.4. The molecule has 0 aliphatic carbocycles. The number of benzene rings is 1. The third kappa shape index (κ3) is 2.45. The Morgan fingerprint density at radius 1 is 1.47 bits per heavy atom. The van der Waals surface area contributed by atoms with Crippen molar-refractivity contribution < 1.29 is 14.6 Å². The van der Waals surface area contributed by atoms with E-state index in [9.17, 15) is 5.11 Å². The molecule has 94 valence electrons. The van der Waals surface area contributed by atoms with Gasteiger partial charge in [0.15, 0.2) is 0 Å². The minimum Gasteiger partial charge on any atom is -0.497 e. The fourth-order valence-electron chi connectivity index (χ4n) is 2.50. The second-order valence-electron chi connectivity index (χ2n) is 4.70. The lowest BCUT2D eigenvalue weighted by molar-refractivity contribution is 0.0428. The summed E-state index contributed by atoms with van der Waals surface area (Å²) >= 11 is 0. The summed E-state index contributed by atoms with van der Waals surface area (Å²) in [7, 11) is 1.65. The average molecular weight is 236 g/mol. The molecule has 1 aromatic carbocycles. The summed E-state index contributed by atoms with van der Waals surface area (Å²) in [6, 6.07) is 5.80. The van der Waals surface area contributed by atoms with E-state index in [-0.39, 0.29) is 12.0 Å². The zero-order valence-electron chi connectivity index (χ0n) is 10.6. The summed E-state index contributed by atoms with van der Waals surface area (Å²) in [5, 5.41) is 10.4. The van der Waals surface area contributed by atoms with Gasteiger partial charge in [-0.2, -0.15) is 0 Å². The van der Waals surface area contributed by atoms with Gasteiger partial charge in [-0.1, -0.05) is 6.07 Å². The second-order valence-corrected chi connectivity index (χ2v) is 4.70. The molecule has 3 unspecified atom stereocenters. The van der Waals surface area contributed by atoms with Crippen molar-refractivity contribution in [1.82, 2.24) is 0 Å². The van der Waals surface area contributed by atoms with Crippen LogP contribution in [-0.4, -0.2) is 24.9 Å². The van der Waals surface area contributed by atoms with E-state index in [1.165, 1.54) is 0 Å². The summed E-state index contributed by atoms with van der Waals surface area (Å²) in [5.41, 5.74) is 2.05. The molecule has 0 bridgehead atoms. The van der Waals surface area contributed by atoms with Crippen molar-refractivity contribution >= 4 is 0 Å². The number of hydrogen-bond donors (Lipinski definition) is 1. The third-order valence-corrected chi connectivity index (χ3v) is 3.64. The van der Waals surface area contributed by atoms with Gasteiger partial charge in [0.25, 0.3) is 0 Å². The molecule has 1 aromatic rings. The molecule has 0 aromatic heterocycles. The molecule has 1 heterocycles. The van der Waals surface area contributed by atoms with Crippen LogP contribution in [0.5, 0.6) is 5.75 Å². The number of hydrogen-bond acceptors (Lipinski definition) is 3. The lowest BCUT2D eigenvalue weighted by atomic mass is 9.88. The van der Waals surface area contributed by atoms with Gasteiger partial charge in [0.2, 0.25) is 0 Å². The smallest absolute Gasteiger partial charge is 0.119 e. The van der Waals surface area contributed by atoms with E-state index in [1.807, 2.05) is 32.0 Å². The first-order valence-electron chi connectivity index (χ1n) is 6.07. The molecular formula is C14H20O3. The van der Waals surface area contributed by atoms with Gasteiger partial charge in [-0.3, -0.25) is 0 Å². The van der Waals surface area contributed by atoms with Crippen LogP contribution in [0.2, 0.25) is 0 Å². The zero-order valence-corrected chi connectivity index (χ0v) is 10.6. The van der Waals surface area contributed by atoms with Gasteiger partial charge in [-0.25, -0.2) is 0 Å². The Morgan fingerprint density at radius 3 is 2.76 bits per heavy atom. The highest BCUT2D eigenvalue weighted by atomic mass is 16.5. The predicted octanol–water partition coefficient (Wildman–Crippen LogP) is 2.46. The summed E-state index contributed by atoms with van der Waals surface area (Å²) < 4.78 is 10.7. The Bertz CT molecular complexity index is 389. The van der Waals surface area contributed by atoms with Crippen molar-refractivity contribution in [3.05, 3.63) is 29.3 Å². The normalized spacial score (nSPS) is 25.9. The number of aliphatic hydroxyl groups is 1. The highest BCUT2D eigenvalue weighted by Crippen LogP contribution is 2.35. The highest BCUT2D eigenvalue weighted by molar-refractivity contribution is 5.36. The van der Waals surface area contributed by atoms with Crippen LogP contribution in [0.25, 0.3) is 0 Å². The van der Waals surface area contributed by atoms with E-state index in [2.05, 4.69) is 0 Å². The van der Waals surface area contributed by atoms with Gasteiger partial charge in [-0.05, 0) is 43.5 Å². The SMILES string of the molecule is COc1ccc(C(O)C2CCOC2C)c(C)c1. The number of rotatable bonds is 3. The van der Waals surface area contributed by atoms with Crippen molar-refractivity contribution in [2.24, 2.45) is 5.92 Å². The van der Waals surface area contributed by atoms with Crippen LogP contribution in [0.4, 0.5) is 0 Å². The molecule has 17 heavy (non-hydrogen) atoms. The maximum absolute atomic E-state index is 10.4. The van der Waals surface area contributed by atoms with Crippen LogP contribution in [0.1, 0.15) is 30.6 Å². The Labute approximate surface area is 102 Å². The van der Waals surface area contributed by atoms with E-state index >= 15 is 0 Å². The van der Waals surface area contributed by atoms with E-state index in [4.69, 9.17) is 9.47 Å². The van der Waals surface area contributed by atoms with Gasteiger partial charge in [-0.15, -0.1) is 0 Å². The standard InChI is InChI=1S/C14H20O3/c1-9-8-11(16-3)4-5-12(9)14(15)13-6-7-17-10(13)2/h4-5,8,10,13-15H,6-7H2,1-3H3. The van der Waals surface area contributed by atoms with Crippen LogP contribution in [-0.2, 0) is 4.74 Å². The molecule has 1 aliphatic rings. The molecule has 0 radical (unpaired) electrons. The lowest BCUT2D eigenvalue weighted by Crippen LogP contribution is -2.20. The van der Waals surface area contributed by atoms with Gasteiger partial charge in [0, 0.05) is 12.5 Å². The Morgan fingerprint density at radius 2 is 2.24 bits per heavy atom. The van der Waals surface area contributed by atoms with Gasteiger partial charge >= 0.3 is 0 Å². The van der Waals surface area contributed by atoms with Crippen molar-refractivity contribution in [3.63, 3.8) is 0 Å². The van der Waals surface area contributed by atoms with Gasteiger partial charge < -0.3 is 14.6 Å². The van der Waals surface area contributed by atoms with Crippen molar-refractivity contribution in [1.29, 1.82) is 0 Å². The number of aliphatic hydroxyl groups excluding tert-OH is 1. The van der Waals surface area contributed by atoms with E-state index in [1.54, 1.807) is 7.11 Å². The molecule has 1 aliphatic heterocycles. The van der Waals surface area contributed by atoms with Crippen LogP contribution in [0.15, 0.2) is 18.2 Å². The molecule has 3 nitrogen and oxygen atoms in total. The molecule has 3 atom stereocenters. The minimum atomic E-state index is -0.446. The fraction of sp³-hybridized carbons (Fsp3) is 0.571. The fourth-order valence-corrected chi connectivity index (χ4v) is 2.50. The maximum Gasteiger partial charge on any atom is 0.119 e. The summed E-state index contributed by atoms with van der Waals surface area (Å²) in [5.74, 6) is 1.02. The second kappa shape index (κ2) is 5.07. The Kier molecular flexibility index (Phi) is 3.69. The van der Waals surface area contributed by atoms with Crippen LogP contribution in [0.3, 0.4) is 0 Å². The molecule has 0 saturated carbocycles. The first-order chi connectivity index (χ1) is 8.13. The molecule has 1 N–H and O–H groups in total. The van der Waals surface area contributed by atoms with Crippen LogP contribution in [0, 0.1) is 12.8 Å². The number of aryl methyl sites for hydroxylation is 1. The molecule has 0 amide bonds. The first-order valence-corrected chi connectivity index (χ1v) is 6.07. The molecule has 3 heteroatoms. The largest absolute Gasteiger partial charge is 0.497 e. The lowest BCUT2D eigenvalue weighted by Gasteiger charge is -2.23. The van der Waals surface area contributed by atoms with Crippen molar-refractivity contribution in [2.45, 2.75) is 32.5 Å². The predicted molar refractivity (Wildman–Crippen MR) is 66.2 cm³/mol. The molecule has 2 rings (SSSR count). The molecule has 0 spiro atoms. The van der Waals surface area contributed by atoms with E-state index in [0.29, 0.717) is 0 Å². The Balaban J connectivity index is 2.21. The molecule has 1 fully saturated rings. The van der Waals surface area contributed by atoms with Crippen molar-refractivity contribution in [3.8, 4) is 5.75 Å². The molecular weight excluding hydrogens is 216 g/mol. The summed E-state index contributed by atoms with van der Waals surface area (Å²) in [6.07, 6.45) is 0.610. The molecule has 1 saturated heterocycles. The first kappa shape index (κ1) is 12.4. The van der Waals surface area contributed by atoms with Gasteiger partial charge in [0.1, 0.15) is 5.75 Å². The third-order valence-electron chi connectivity index (χ3n) is 3.64. The summed E-state index contributed by atoms with van der Waals surface area (Å²) in [6.45, 7) is 4.78.